The van der Waals surface area contributed by atoms with Crippen LogP contribution in [0.2, 0.25) is 0 Å². The van der Waals surface area contributed by atoms with Crippen LogP contribution in [0, 0.1) is 13.5 Å². The number of nitrogens with zero attached hydrogens (tertiary/aromatic N) is 3. The molecule has 0 bridgehead atoms. The number of imide groups is 1. The smallest absolute Gasteiger partial charge is 0.255 e. The molecule has 1 atom stereocenters. The van der Waals surface area contributed by atoms with E-state index in [9.17, 15) is 14.4 Å². The highest BCUT2D eigenvalue weighted by molar-refractivity contribution is 6.05. The molecule has 3 amide bonds. The number of aromatic nitrogens is 1. The van der Waals surface area contributed by atoms with Crippen molar-refractivity contribution in [2.45, 2.75) is 32.4 Å². The molecule has 3 heterocycles. The van der Waals surface area contributed by atoms with Gasteiger partial charge in [-0.2, -0.15) is 0 Å². The Morgan fingerprint density at radius 2 is 2.07 bits per heavy atom. The van der Waals surface area contributed by atoms with E-state index in [1.54, 1.807) is 25.1 Å². The molecule has 28 heavy (non-hydrogen) atoms. The normalized spacial score (nSPS) is 18.6. The van der Waals surface area contributed by atoms with Crippen LogP contribution in [0.5, 0.6) is 0 Å². The van der Waals surface area contributed by atoms with Gasteiger partial charge in [-0.05, 0) is 42.7 Å². The maximum atomic E-state index is 12.8. The van der Waals surface area contributed by atoms with Crippen LogP contribution < -0.4 is 11.1 Å². The summed E-state index contributed by atoms with van der Waals surface area (Å²) in [5.74, 6) is -0.790. The highest BCUT2D eigenvalue weighted by Crippen LogP contribution is 2.33. The number of hydrogen-bond donors (Lipinski definition) is 2. The maximum Gasteiger partial charge on any atom is 0.255 e. The minimum atomic E-state index is -0.644. The van der Waals surface area contributed by atoms with Gasteiger partial charge in [-0.15, -0.1) is 0 Å². The van der Waals surface area contributed by atoms with E-state index in [0.717, 1.165) is 16.7 Å². The molecule has 0 radical (unpaired) electrons. The lowest BCUT2D eigenvalue weighted by atomic mass is 10.0. The van der Waals surface area contributed by atoms with Gasteiger partial charge in [0.25, 0.3) is 5.91 Å². The summed E-state index contributed by atoms with van der Waals surface area (Å²) in [7, 11) is 0. The standard InChI is InChI=1S/C20H17N5O3/c1-10-7-14(23-18(21)17(10)22-2)11-3-4-13-12(8-11)9-25(20(13)28)15-5-6-16(26)24-19(15)27/h3-4,7-8,15H,5-6,9H2,1H3,(H2,21,23)(H,24,26,27). The zero-order valence-corrected chi connectivity index (χ0v) is 15.2. The minimum Gasteiger partial charge on any atom is -0.392 e. The Morgan fingerprint density at radius 1 is 1.29 bits per heavy atom. The molecule has 0 aliphatic carbocycles. The number of rotatable bonds is 2. The third-order valence-corrected chi connectivity index (χ3v) is 5.14. The Morgan fingerprint density at radius 3 is 2.75 bits per heavy atom. The van der Waals surface area contributed by atoms with E-state index in [2.05, 4.69) is 15.1 Å². The number of benzene rings is 1. The summed E-state index contributed by atoms with van der Waals surface area (Å²) in [6, 6.07) is 6.51. The second-order valence-electron chi connectivity index (χ2n) is 6.94. The minimum absolute atomic E-state index is 0.173. The third kappa shape index (κ3) is 2.77. The quantitative estimate of drug-likeness (QED) is 0.616. The van der Waals surface area contributed by atoms with Crippen LogP contribution in [0.25, 0.3) is 16.1 Å². The molecule has 2 aromatic rings. The largest absolute Gasteiger partial charge is 0.392 e. The molecular weight excluding hydrogens is 358 g/mol. The molecule has 4 rings (SSSR count). The number of hydrogen-bond acceptors (Lipinski definition) is 5. The van der Waals surface area contributed by atoms with Gasteiger partial charge in [-0.25, -0.2) is 9.83 Å². The van der Waals surface area contributed by atoms with Gasteiger partial charge in [0.2, 0.25) is 17.5 Å². The molecular formula is C20H17N5O3. The second-order valence-corrected chi connectivity index (χ2v) is 6.94. The average molecular weight is 375 g/mol. The van der Waals surface area contributed by atoms with Crippen molar-refractivity contribution in [2.24, 2.45) is 0 Å². The molecule has 8 heteroatoms. The van der Waals surface area contributed by atoms with Crippen molar-refractivity contribution >= 4 is 29.2 Å². The van der Waals surface area contributed by atoms with Gasteiger partial charge in [-0.3, -0.25) is 19.7 Å². The number of pyridine rings is 1. The number of piperidine rings is 1. The fraction of sp³-hybridized carbons (Fsp3) is 0.250. The number of nitrogen functional groups attached to an aromatic ring is 1. The predicted octanol–water partition coefficient (Wildman–Crippen LogP) is 1.95. The monoisotopic (exact) mass is 375 g/mol. The van der Waals surface area contributed by atoms with Crippen LogP contribution in [0.15, 0.2) is 24.3 Å². The Kier molecular flexibility index (Phi) is 4.08. The molecule has 140 valence electrons. The summed E-state index contributed by atoms with van der Waals surface area (Å²) in [5.41, 5.74) is 9.70. The molecule has 1 unspecified atom stereocenters. The Bertz CT molecular complexity index is 1060. The molecule has 2 aliphatic heterocycles. The lowest BCUT2D eigenvalue weighted by molar-refractivity contribution is -0.136. The number of aryl methyl sites for hydroxylation is 1. The number of nitrogens with two attached hydrogens (primary N) is 1. The maximum absolute atomic E-state index is 12.8. The number of anilines is 1. The zero-order chi connectivity index (χ0) is 20.0. The summed E-state index contributed by atoms with van der Waals surface area (Å²) >= 11 is 0. The first-order chi connectivity index (χ1) is 13.4. The zero-order valence-electron chi connectivity index (χ0n) is 15.2. The van der Waals surface area contributed by atoms with Gasteiger partial charge in [0, 0.05) is 24.1 Å². The second kappa shape index (κ2) is 6.46. The van der Waals surface area contributed by atoms with E-state index >= 15 is 0 Å². The summed E-state index contributed by atoms with van der Waals surface area (Å²) < 4.78 is 0. The number of fused-ring (bicyclic) bond motifs is 1. The van der Waals surface area contributed by atoms with Crippen molar-refractivity contribution in [3.8, 4) is 11.3 Å². The third-order valence-electron chi connectivity index (χ3n) is 5.14. The van der Waals surface area contributed by atoms with E-state index in [-0.39, 0.29) is 24.1 Å². The van der Waals surface area contributed by atoms with Gasteiger partial charge >= 0.3 is 0 Å². The van der Waals surface area contributed by atoms with E-state index in [1.165, 1.54) is 4.90 Å². The molecule has 1 aromatic heterocycles. The number of amides is 3. The van der Waals surface area contributed by atoms with E-state index in [4.69, 9.17) is 12.3 Å². The SMILES string of the molecule is [C-]#[N+]c1c(C)cc(-c2ccc3c(c2)CN(C2CCC(=O)NC2=O)C3=O)nc1N. The Labute approximate surface area is 161 Å². The van der Waals surface area contributed by atoms with Crippen molar-refractivity contribution in [3.05, 3.63) is 52.4 Å². The van der Waals surface area contributed by atoms with Crippen molar-refractivity contribution in [3.63, 3.8) is 0 Å². The van der Waals surface area contributed by atoms with Gasteiger partial charge < -0.3 is 10.6 Å². The topological polar surface area (TPSA) is 110 Å². The molecule has 0 saturated carbocycles. The van der Waals surface area contributed by atoms with E-state index < -0.39 is 11.9 Å². The first kappa shape index (κ1) is 17.7. The molecule has 1 saturated heterocycles. The predicted molar refractivity (Wildman–Crippen MR) is 101 cm³/mol. The fourth-order valence-electron chi connectivity index (χ4n) is 3.72. The number of nitrogens with one attached hydrogen (secondary N) is 1. The summed E-state index contributed by atoms with van der Waals surface area (Å²) in [5, 5.41) is 2.29. The van der Waals surface area contributed by atoms with Crippen LogP contribution in [0.3, 0.4) is 0 Å². The lowest BCUT2D eigenvalue weighted by Crippen LogP contribution is -2.52. The van der Waals surface area contributed by atoms with Gasteiger partial charge in [0.05, 0.1) is 12.3 Å². The van der Waals surface area contributed by atoms with Crippen LogP contribution in [0.4, 0.5) is 11.5 Å². The first-order valence-electron chi connectivity index (χ1n) is 8.81. The summed E-state index contributed by atoms with van der Waals surface area (Å²) in [6.07, 6.45) is 0.546. The van der Waals surface area contributed by atoms with Crippen molar-refractivity contribution < 1.29 is 14.4 Å². The average Bonchev–Trinajstić information content (AvgIpc) is 2.97. The molecule has 3 N–H and O–H groups in total. The summed E-state index contributed by atoms with van der Waals surface area (Å²) in [4.78, 5) is 45.5. The van der Waals surface area contributed by atoms with E-state index in [1.807, 2.05) is 6.07 Å². The first-order valence-corrected chi connectivity index (χ1v) is 8.81. The van der Waals surface area contributed by atoms with Crippen LogP contribution >= 0.6 is 0 Å². The molecule has 1 fully saturated rings. The van der Waals surface area contributed by atoms with Gasteiger partial charge in [0.1, 0.15) is 11.9 Å². The van der Waals surface area contributed by atoms with Crippen LogP contribution in [-0.4, -0.2) is 33.6 Å². The van der Waals surface area contributed by atoms with Crippen LogP contribution in [-0.2, 0) is 16.1 Å². The van der Waals surface area contributed by atoms with E-state index in [0.29, 0.717) is 29.9 Å². The number of carbonyl (C=O) groups excluding carboxylic acids is 3. The number of carbonyl (C=O) groups is 3. The fourth-order valence-corrected chi connectivity index (χ4v) is 3.72. The lowest BCUT2D eigenvalue weighted by Gasteiger charge is -2.29. The van der Waals surface area contributed by atoms with Crippen LogP contribution in [0.1, 0.15) is 34.3 Å². The van der Waals surface area contributed by atoms with Gasteiger partial charge in [0.15, 0.2) is 0 Å². The molecule has 1 aromatic carbocycles. The molecule has 8 nitrogen and oxygen atoms in total. The summed E-state index contributed by atoms with van der Waals surface area (Å²) in [6.45, 7) is 9.28. The molecule has 2 aliphatic rings. The van der Waals surface area contributed by atoms with Crippen molar-refractivity contribution in [1.82, 2.24) is 15.2 Å². The molecule has 0 spiro atoms. The van der Waals surface area contributed by atoms with Crippen molar-refractivity contribution in [1.29, 1.82) is 0 Å². The highest BCUT2D eigenvalue weighted by atomic mass is 16.2. The van der Waals surface area contributed by atoms with Gasteiger partial charge in [-0.1, -0.05) is 6.07 Å². The Balaban J connectivity index is 1.66. The van der Waals surface area contributed by atoms with Crippen molar-refractivity contribution in [2.75, 3.05) is 5.73 Å². The Hall–Kier alpha value is -3.73. The highest BCUT2D eigenvalue weighted by Gasteiger charge is 2.39.